The molecule has 2 aromatic rings. The lowest BCUT2D eigenvalue weighted by Gasteiger charge is -2.37. The maximum atomic E-state index is 13.4. The first-order valence-electron chi connectivity index (χ1n) is 8.57. The highest BCUT2D eigenvalue weighted by molar-refractivity contribution is 5.91. The molecule has 26 heavy (non-hydrogen) atoms. The van der Waals surface area contributed by atoms with Crippen LogP contribution in [0, 0.1) is 18.6 Å². The third-order valence-corrected chi connectivity index (χ3v) is 4.64. The van der Waals surface area contributed by atoms with Crippen LogP contribution in [0.2, 0.25) is 0 Å². The van der Waals surface area contributed by atoms with Gasteiger partial charge in [-0.25, -0.2) is 8.78 Å². The summed E-state index contributed by atoms with van der Waals surface area (Å²) in [5.74, 6) is -0.745. The molecular weight excluding hydrogens is 342 g/mol. The number of benzene rings is 1. The van der Waals surface area contributed by atoms with E-state index in [9.17, 15) is 13.6 Å². The van der Waals surface area contributed by atoms with Gasteiger partial charge in [0.2, 0.25) is 5.91 Å². The van der Waals surface area contributed by atoms with Crippen LogP contribution >= 0.6 is 0 Å². The van der Waals surface area contributed by atoms with E-state index in [1.165, 1.54) is 6.07 Å². The summed E-state index contributed by atoms with van der Waals surface area (Å²) in [5.41, 5.74) is 0.747. The Balaban J connectivity index is 1.49. The fourth-order valence-electron chi connectivity index (χ4n) is 3.10. The first-order chi connectivity index (χ1) is 12.4. The number of rotatable bonds is 5. The van der Waals surface area contributed by atoms with E-state index < -0.39 is 11.6 Å². The van der Waals surface area contributed by atoms with Gasteiger partial charge in [0, 0.05) is 38.3 Å². The molecule has 0 spiro atoms. The van der Waals surface area contributed by atoms with Crippen molar-refractivity contribution in [2.45, 2.75) is 19.9 Å². The number of aromatic nitrogens is 1. The van der Waals surface area contributed by atoms with Crippen molar-refractivity contribution in [2.24, 2.45) is 0 Å². The van der Waals surface area contributed by atoms with Gasteiger partial charge in [-0.2, -0.15) is 0 Å². The monoisotopic (exact) mass is 364 g/mol. The van der Waals surface area contributed by atoms with Gasteiger partial charge in [0.05, 0.1) is 6.54 Å². The van der Waals surface area contributed by atoms with Crippen molar-refractivity contribution in [2.75, 3.05) is 38.0 Å². The molecule has 140 valence electrons. The van der Waals surface area contributed by atoms with Gasteiger partial charge in [-0.05, 0) is 31.5 Å². The van der Waals surface area contributed by atoms with Gasteiger partial charge in [-0.15, -0.1) is 0 Å². The minimum atomic E-state index is -0.834. The lowest BCUT2D eigenvalue weighted by Crippen LogP contribution is -2.49. The van der Waals surface area contributed by atoms with E-state index in [2.05, 4.69) is 20.3 Å². The molecule has 0 bridgehead atoms. The molecule has 1 amide bonds. The normalized spacial score (nSPS) is 17.2. The van der Waals surface area contributed by atoms with Crippen molar-refractivity contribution in [3.05, 3.63) is 47.2 Å². The number of anilines is 1. The third-order valence-electron chi connectivity index (χ3n) is 4.64. The summed E-state index contributed by atoms with van der Waals surface area (Å²) in [6.07, 6.45) is 0. The van der Waals surface area contributed by atoms with E-state index >= 15 is 0 Å². The van der Waals surface area contributed by atoms with Crippen molar-refractivity contribution in [3.8, 4) is 0 Å². The molecule has 1 aromatic carbocycles. The number of nitrogens with zero attached hydrogens (tertiary/aromatic N) is 3. The maximum Gasteiger partial charge on any atom is 0.239 e. The van der Waals surface area contributed by atoms with Crippen LogP contribution in [0.4, 0.5) is 14.6 Å². The second kappa shape index (κ2) is 7.92. The quantitative estimate of drug-likeness (QED) is 0.884. The van der Waals surface area contributed by atoms with Crippen LogP contribution in [0.15, 0.2) is 28.8 Å². The molecule has 0 radical (unpaired) electrons. The zero-order chi connectivity index (χ0) is 18.7. The van der Waals surface area contributed by atoms with Crippen LogP contribution in [-0.4, -0.2) is 53.6 Å². The van der Waals surface area contributed by atoms with E-state index in [4.69, 9.17) is 4.52 Å². The van der Waals surface area contributed by atoms with Crippen LogP contribution in [0.25, 0.3) is 0 Å². The summed E-state index contributed by atoms with van der Waals surface area (Å²) >= 11 is 0. The second-order valence-corrected chi connectivity index (χ2v) is 6.53. The first kappa shape index (κ1) is 18.5. The Kier molecular flexibility index (Phi) is 5.63. The Morgan fingerprint density at radius 3 is 2.58 bits per heavy atom. The van der Waals surface area contributed by atoms with Crippen LogP contribution in [0.1, 0.15) is 24.3 Å². The van der Waals surface area contributed by atoms with Crippen molar-refractivity contribution < 1.29 is 18.1 Å². The number of carbonyl (C=O) groups is 1. The van der Waals surface area contributed by atoms with E-state index in [0.717, 1.165) is 37.8 Å². The number of hydrogen-bond acceptors (Lipinski definition) is 5. The molecule has 0 aliphatic carbocycles. The smallest absolute Gasteiger partial charge is 0.239 e. The Bertz CT molecular complexity index is 772. The summed E-state index contributed by atoms with van der Waals surface area (Å²) in [6.45, 7) is 6.95. The number of piperazine rings is 1. The number of halogens is 2. The largest absolute Gasteiger partial charge is 0.360 e. The summed E-state index contributed by atoms with van der Waals surface area (Å²) in [4.78, 5) is 16.3. The molecule has 1 fully saturated rings. The first-order valence-corrected chi connectivity index (χ1v) is 8.57. The zero-order valence-electron chi connectivity index (χ0n) is 14.8. The molecular formula is C18H22F2N4O2. The third kappa shape index (κ3) is 4.44. The molecule has 1 atom stereocenters. The van der Waals surface area contributed by atoms with Gasteiger partial charge >= 0.3 is 0 Å². The Morgan fingerprint density at radius 2 is 1.96 bits per heavy atom. The van der Waals surface area contributed by atoms with Gasteiger partial charge in [-0.1, -0.05) is 11.2 Å². The van der Waals surface area contributed by atoms with Crippen LogP contribution < -0.4 is 5.32 Å². The lowest BCUT2D eigenvalue weighted by atomic mass is 10.1. The average Bonchev–Trinajstić information content (AvgIpc) is 3.02. The summed E-state index contributed by atoms with van der Waals surface area (Å²) in [7, 11) is 0. The molecule has 1 unspecified atom stereocenters. The lowest BCUT2D eigenvalue weighted by molar-refractivity contribution is -0.117. The zero-order valence-corrected chi connectivity index (χ0v) is 14.8. The minimum absolute atomic E-state index is 0.0146. The van der Waals surface area contributed by atoms with Gasteiger partial charge in [-0.3, -0.25) is 14.6 Å². The SMILES string of the molecule is Cc1cc(NC(=O)CN2CCN(C(C)c3ccc(F)c(F)c3)CC2)no1. The Hall–Kier alpha value is -2.32. The van der Waals surface area contributed by atoms with Gasteiger partial charge in [0.15, 0.2) is 17.5 Å². The van der Waals surface area contributed by atoms with E-state index in [1.807, 2.05) is 6.92 Å². The molecule has 1 aliphatic heterocycles. The highest BCUT2D eigenvalue weighted by Gasteiger charge is 2.24. The molecule has 6 nitrogen and oxygen atoms in total. The predicted molar refractivity (Wildman–Crippen MR) is 92.7 cm³/mol. The Labute approximate surface area is 150 Å². The molecule has 1 aliphatic rings. The summed E-state index contributed by atoms with van der Waals surface area (Å²) in [6, 6.07) is 5.68. The molecule has 1 saturated heterocycles. The molecule has 3 rings (SSSR count). The molecule has 8 heteroatoms. The summed E-state index contributed by atoms with van der Waals surface area (Å²) in [5, 5.41) is 6.45. The standard InChI is InChI=1S/C18H22F2N4O2/c1-12-9-17(22-26-12)21-18(25)11-23-5-7-24(8-6-23)13(2)14-3-4-15(19)16(20)10-14/h3-4,9-10,13H,5-8,11H2,1-2H3,(H,21,22,25). The molecule has 1 N–H and O–H groups in total. The predicted octanol–water partition coefficient (Wildman–Crippen LogP) is 2.58. The average molecular weight is 364 g/mol. The number of aryl methyl sites for hydroxylation is 1. The summed E-state index contributed by atoms with van der Waals surface area (Å²) < 4.78 is 31.4. The number of hydrogen-bond donors (Lipinski definition) is 1. The Morgan fingerprint density at radius 1 is 1.23 bits per heavy atom. The van der Waals surface area contributed by atoms with E-state index in [1.54, 1.807) is 19.1 Å². The van der Waals surface area contributed by atoms with Crippen molar-refractivity contribution in [1.29, 1.82) is 0 Å². The number of carbonyl (C=O) groups excluding carboxylic acids is 1. The fraction of sp³-hybridized carbons (Fsp3) is 0.444. The van der Waals surface area contributed by atoms with Crippen molar-refractivity contribution >= 4 is 11.7 Å². The van der Waals surface area contributed by atoms with Crippen molar-refractivity contribution in [1.82, 2.24) is 15.0 Å². The van der Waals surface area contributed by atoms with Crippen LogP contribution in [0.3, 0.4) is 0 Å². The highest BCUT2D eigenvalue weighted by atomic mass is 19.2. The topological polar surface area (TPSA) is 61.6 Å². The van der Waals surface area contributed by atoms with Crippen LogP contribution in [0.5, 0.6) is 0 Å². The van der Waals surface area contributed by atoms with Crippen molar-refractivity contribution in [3.63, 3.8) is 0 Å². The number of nitrogens with one attached hydrogen (secondary N) is 1. The molecule has 1 aromatic heterocycles. The van der Waals surface area contributed by atoms with Gasteiger partial charge < -0.3 is 9.84 Å². The number of amides is 1. The second-order valence-electron chi connectivity index (χ2n) is 6.53. The van der Waals surface area contributed by atoms with Crippen LogP contribution in [-0.2, 0) is 4.79 Å². The minimum Gasteiger partial charge on any atom is -0.360 e. The van der Waals surface area contributed by atoms with E-state index in [0.29, 0.717) is 11.6 Å². The van der Waals surface area contributed by atoms with Gasteiger partial charge in [0.25, 0.3) is 0 Å². The highest BCUT2D eigenvalue weighted by Crippen LogP contribution is 2.23. The molecule has 0 saturated carbocycles. The van der Waals surface area contributed by atoms with E-state index in [-0.39, 0.29) is 18.5 Å². The molecule has 2 heterocycles. The van der Waals surface area contributed by atoms with Gasteiger partial charge in [0.1, 0.15) is 5.76 Å². The maximum absolute atomic E-state index is 13.4. The fourth-order valence-corrected chi connectivity index (χ4v) is 3.10.